The Hall–Kier alpha value is -1.60. The molecule has 1 nitrogen and oxygen atoms in total. The number of hydrogen-bond donors (Lipinski definition) is 1. The van der Waals surface area contributed by atoms with Crippen LogP contribution in [0.2, 0.25) is 0 Å². The van der Waals surface area contributed by atoms with Gasteiger partial charge in [-0.05, 0) is 43.2 Å². The van der Waals surface area contributed by atoms with Crippen molar-refractivity contribution in [2.45, 2.75) is 38.2 Å². The van der Waals surface area contributed by atoms with Gasteiger partial charge in [0.05, 0.1) is 6.10 Å². The van der Waals surface area contributed by atoms with Crippen LogP contribution in [0.25, 0.3) is 0 Å². The normalized spacial score (nSPS) is 14.0. The molecule has 0 aliphatic carbocycles. The highest BCUT2D eigenvalue weighted by Gasteiger charge is 2.14. The zero-order valence-electron chi connectivity index (χ0n) is 11.5. The van der Waals surface area contributed by atoms with E-state index in [4.69, 9.17) is 0 Å². The van der Waals surface area contributed by atoms with E-state index in [0.29, 0.717) is 5.92 Å². The summed E-state index contributed by atoms with van der Waals surface area (Å²) in [6, 6.07) is 21.1. The second-order valence-corrected chi connectivity index (χ2v) is 5.22. The molecule has 2 atom stereocenters. The summed E-state index contributed by atoms with van der Waals surface area (Å²) in [4.78, 5) is 0. The second kappa shape index (κ2) is 7.10. The first-order chi connectivity index (χ1) is 9.25. The first-order valence-electron chi connectivity index (χ1n) is 7.02. The Morgan fingerprint density at radius 1 is 0.895 bits per heavy atom. The van der Waals surface area contributed by atoms with Crippen LogP contribution in [0.1, 0.15) is 36.8 Å². The highest BCUT2D eigenvalue weighted by molar-refractivity contribution is 5.21. The second-order valence-electron chi connectivity index (χ2n) is 5.22. The van der Waals surface area contributed by atoms with Crippen LogP contribution in [-0.2, 0) is 6.42 Å². The molecule has 19 heavy (non-hydrogen) atoms. The summed E-state index contributed by atoms with van der Waals surface area (Å²) in [5.41, 5.74) is 2.70. The molecule has 0 amide bonds. The van der Waals surface area contributed by atoms with Gasteiger partial charge in [-0.15, -0.1) is 0 Å². The summed E-state index contributed by atoms with van der Waals surface area (Å²) in [6.45, 7) is 1.87. The van der Waals surface area contributed by atoms with Crippen LogP contribution in [0.5, 0.6) is 0 Å². The van der Waals surface area contributed by atoms with Crippen LogP contribution in [-0.4, -0.2) is 11.2 Å². The van der Waals surface area contributed by atoms with E-state index in [-0.39, 0.29) is 6.10 Å². The van der Waals surface area contributed by atoms with Crippen molar-refractivity contribution in [1.82, 2.24) is 0 Å². The van der Waals surface area contributed by atoms with Gasteiger partial charge < -0.3 is 5.11 Å². The largest absolute Gasteiger partial charge is 0.393 e. The molecular formula is C18H22O. The molecule has 0 aromatic heterocycles. The minimum absolute atomic E-state index is 0.249. The number of rotatable bonds is 6. The third-order valence-electron chi connectivity index (χ3n) is 3.52. The van der Waals surface area contributed by atoms with E-state index >= 15 is 0 Å². The monoisotopic (exact) mass is 254 g/mol. The molecule has 2 rings (SSSR count). The molecule has 0 aliphatic rings. The fourth-order valence-corrected chi connectivity index (χ4v) is 2.54. The first kappa shape index (κ1) is 13.8. The highest BCUT2D eigenvalue weighted by atomic mass is 16.3. The smallest absolute Gasteiger partial charge is 0.0517 e. The molecule has 2 unspecified atom stereocenters. The molecule has 0 radical (unpaired) electrons. The van der Waals surface area contributed by atoms with Crippen LogP contribution >= 0.6 is 0 Å². The number of aliphatic hydroxyl groups is 1. The van der Waals surface area contributed by atoms with Crippen molar-refractivity contribution in [3.8, 4) is 0 Å². The lowest BCUT2D eigenvalue weighted by Crippen LogP contribution is -2.09. The molecule has 0 heterocycles. The lowest BCUT2D eigenvalue weighted by molar-refractivity contribution is 0.172. The summed E-state index contributed by atoms with van der Waals surface area (Å²) in [7, 11) is 0. The Bertz CT molecular complexity index is 462. The van der Waals surface area contributed by atoms with Crippen molar-refractivity contribution in [2.24, 2.45) is 0 Å². The number of aryl methyl sites for hydroxylation is 1. The summed E-state index contributed by atoms with van der Waals surface area (Å²) in [5, 5.41) is 9.68. The molecule has 0 bridgehead atoms. The van der Waals surface area contributed by atoms with Gasteiger partial charge >= 0.3 is 0 Å². The van der Waals surface area contributed by atoms with Gasteiger partial charge in [-0.1, -0.05) is 60.7 Å². The maximum absolute atomic E-state index is 9.68. The Morgan fingerprint density at radius 2 is 1.47 bits per heavy atom. The van der Waals surface area contributed by atoms with Gasteiger partial charge in [-0.2, -0.15) is 0 Å². The Morgan fingerprint density at radius 3 is 2.05 bits per heavy atom. The Labute approximate surface area is 115 Å². The van der Waals surface area contributed by atoms with Gasteiger partial charge in [-0.3, -0.25) is 0 Å². The van der Waals surface area contributed by atoms with E-state index in [1.165, 1.54) is 11.1 Å². The molecule has 0 spiro atoms. The lowest BCUT2D eigenvalue weighted by Gasteiger charge is -2.19. The molecule has 2 aromatic rings. The third-order valence-corrected chi connectivity index (χ3v) is 3.52. The van der Waals surface area contributed by atoms with E-state index in [1.54, 1.807) is 0 Å². The molecule has 100 valence electrons. The molecule has 0 fully saturated rings. The number of benzene rings is 2. The van der Waals surface area contributed by atoms with Gasteiger partial charge in [-0.25, -0.2) is 0 Å². The molecule has 0 aliphatic heterocycles. The van der Waals surface area contributed by atoms with Gasteiger partial charge in [0.2, 0.25) is 0 Å². The summed E-state index contributed by atoms with van der Waals surface area (Å²) >= 11 is 0. The SMILES string of the molecule is CC(O)CC(CCc1ccccc1)c1ccccc1. The quantitative estimate of drug-likeness (QED) is 0.820. The van der Waals surface area contributed by atoms with Gasteiger partial charge in [0.1, 0.15) is 0 Å². The van der Waals surface area contributed by atoms with E-state index in [2.05, 4.69) is 48.5 Å². The van der Waals surface area contributed by atoms with Gasteiger partial charge in [0.15, 0.2) is 0 Å². The zero-order chi connectivity index (χ0) is 13.5. The zero-order valence-corrected chi connectivity index (χ0v) is 11.5. The molecule has 1 heteroatoms. The summed E-state index contributed by atoms with van der Waals surface area (Å²) in [5.74, 6) is 0.432. The predicted octanol–water partition coefficient (Wildman–Crippen LogP) is 4.17. The van der Waals surface area contributed by atoms with Crippen LogP contribution < -0.4 is 0 Å². The van der Waals surface area contributed by atoms with Crippen molar-refractivity contribution in [3.63, 3.8) is 0 Å². The third kappa shape index (κ3) is 4.53. The topological polar surface area (TPSA) is 20.2 Å². The standard InChI is InChI=1S/C18H22O/c1-15(19)14-18(17-10-6-3-7-11-17)13-12-16-8-4-2-5-9-16/h2-11,15,18-19H,12-14H2,1H3. The van der Waals surface area contributed by atoms with Crippen molar-refractivity contribution in [1.29, 1.82) is 0 Å². The molecule has 0 saturated heterocycles. The maximum atomic E-state index is 9.68. The van der Waals surface area contributed by atoms with E-state index < -0.39 is 0 Å². The minimum Gasteiger partial charge on any atom is -0.393 e. The van der Waals surface area contributed by atoms with Crippen LogP contribution in [0.15, 0.2) is 60.7 Å². The molecule has 0 saturated carbocycles. The first-order valence-corrected chi connectivity index (χ1v) is 7.02. The van der Waals surface area contributed by atoms with E-state index in [0.717, 1.165) is 19.3 Å². The van der Waals surface area contributed by atoms with Crippen molar-refractivity contribution in [2.75, 3.05) is 0 Å². The van der Waals surface area contributed by atoms with E-state index in [1.807, 2.05) is 19.1 Å². The predicted molar refractivity (Wildman–Crippen MR) is 80.2 cm³/mol. The van der Waals surface area contributed by atoms with Crippen LogP contribution in [0.3, 0.4) is 0 Å². The van der Waals surface area contributed by atoms with Gasteiger partial charge in [0, 0.05) is 0 Å². The van der Waals surface area contributed by atoms with Crippen molar-refractivity contribution >= 4 is 0 Å². The minimum atomic E-state index is -0.249. The highest BCUT2D eigenvalue weighted by Crippen LogP contribution is 2.26. The van der Waals surface area contributed by atoms with Crippen LogP contribution in [0, 0.1) is 0 Å². The lowest BCUT2D eigenvalue weighted by atomic mass is 9.88. The van der Waals surface area contributed by atoms with Crippen molar-refractivity contribution in [3.05, 3.63) is 71.8 Å². The Kier molecular flexibility index (Phi) is 5.17. The van der Waals surface area contributed by atoms with Crippen molar-refractivity contribution < 1.29 is 5.11 Å². The molecular weight excluding hydrogens is 232 g/mol. The van der Waals surface area contributed by atoms with Gasteiger partial charge in [0.25, 0.3) is 0 Å². The number of aliphatic hydroxyl groups excluding tert-OH is 1. The maximum Gasteiger partial charge on any atom is 0.0517 e. The average molecular weight is 254 g/mol. The Balaban J connectivity index is 2.02. The molecule has 2 aromatic carbocycles. The summed E-state index contributed by atoms with van der Waals surface area (Å²) in [6.07, 6.45) is 2.73. The fraction of sp³-hybridized carbons (Fsp3) is 0.333. The fourth-order valence-electron chi connectivity index (χ4n) is 2.54. The summed E-state index contributed by atoms with van der Waals surface area (Å²) < 4.78 is 0. The average Bonchev–Trinajstić information content (AvgIpc) is 2.45. The number of hydrogen-bond acceptors (Lipinski definition) is 1. The van der Waals surface area contributed by atoms with E-state index in [9.17, 15) is 5.11 Å². The van der Waals surface area contributed by atoms with Crippen LogP contribution in [0.4, 0.5) is 0 Å². The molecule has 1 N–H and O–H groups in total.